The summed E-state index contributed by atoms with van der Waals surface area (Å²) in [4.78, 5) is 11.1. The normalized spacial score (nSPS) is 9.95. The lowest BCUT2D eigenvalue weighted by molar-refractivity contribution is -0.143. The van der Waals surface area contributed by atoms with Gasteiger partial charge in [0.2, 0.25) is 0 Å². The molecular weight excluding hydrogens is 260 g/mol. The van der Waals surface area contributed by atoms with Gasteiger partial charge in [-0.05, 0) is 31.9 Å². The lowest BCUT2D eigenvalue weighted by Gasteiger charge is -2.10. The molecule has 112 valence electrons. The Hall–Kier alpha value is -1.91. The highest BCUT2D eigenvalue weighted by molar-refractivity contribution is 5.69. The molecule has 1 rings (SSSR count). The molecule has 0 amide bonds. The molecule has 0 radical (unpaired) electrons. The largest absolute Gasteiger partial charge is 0.493 e. The van der Waals surface area contributed by atoms with E-state index >= 15 is 0 Å². The predicted octanol–water partition coefficient (Wildman–Crippen LogP) is 2.82. The standard InChI is InChI=1S/C15H22O5/c1-4-19-15(16)7-5-6-10-20-12-8-9-13(17-2)14(11-12)18-3/h8-9,11H,4-7,10H2,1-3H3. The van der Waals surface area contributed by atoms with Crippen molar-refractivity contribution in [2.24, 2.45) is 0 Å². The molecule has 0 saturated carbocycles. The van der Waals surface area contributed by atoms with Crippen LogP contribution in [0.4, 0.5) is 0 Å². The van der Waals surface area contributed by atoms with E-state index in [1.807, 2.05) is 6.07 Å². The SMILES string of the molecule is CCOC(=O)CCCCOc1ccc(OC)c(OC)c1. The third-order valence-electron chi connectivity index (χ3n) is 2.70. The number of ether oxygens (including phenoxy) is 4. The molecule has 0 aliphatic heterocycles. The monoisotopic (exact) mass is 282 g/mol. The maximum absolute atomic E-state index is 11.1. The topological polar surface area (TPSA) is 54.0 Å². The average Bonchev–Trinajstić information content (AvgIpc) is 2.47. The Kier molecular flexibility index (Phi) is 7.32. The maximum atomic E-state index is 11.1. The van der Waals surface area contributed by atoms with Crippen LogP contribution < -0.4 is 14.2 Å². The van der Waals surface area contributed by atoms with Crippen molar-refractivity contribution in [3.63, 3.8) is 0 Å². The van der Waals surface area contributed by atoms with Crippen LogP contribution in [0.15, 0.2) is 18.2 Å². The molecule has 0 spiro atoms. The zero-order chi connectivity index (χ0) is 14.8. The summed E-state index contributed by atoms with van der Waals surface area (Å²) in [7, 11) is 3.18. The fourth-order valence-electron chi connectivity index (χ4n) is 1.70. The van der Waals surface area contributed by atoms with E-state index in [0.29, 0.717) is 31.1 Å². The van der Waals surface area contributed by atoms with Gasteiger partial charge in [-0.2, -0.15) is 0 Å². The molecule has 1 aromatic carbocycles. The molecule has 20 heavy (non-hydrogen) atoms. The first-order valence-electron chi connectivity index (χ1n) is 6.71. The fraction of sp³-hybridized carbons (Fsp3) is 0.533. The minimum Gasteiger partial charge on any atom is -0.493 e. The van der Waals surface area contributed by atoms with Gasteiger partial charge in [0.1, 0.15) is 5.75 Å². The van der Waals surface area contributed by atoms with Crippen molar-refractivity contribution < 1.29 is 23.7 Å². The van der Waals surface area contributed by atoms with E-state index in [-0.39, 0.29) is 5.97 Å². The second kappa shape index (κ2) is 9.07. The summed E-state index contributed by atoms with van der Waals surface area (Å²) >= 11 is 0. The number of methoxy groups -OCH3 is 2. The molecule has 5 nitrogen and oxygen atoms in total. The van der Waals surface area contributed by atoms with Gasteiger partial charge >= 0.3 is 5.97 Å². The summed E-state index contributed by atoms with van der Waals surface area (Å²) in [5.41, 5.74) is 0. The molecule has 5 heteroatoms. The Balaban J connectivity index is 2.30. The van der Waals surface area contributed by atoms with Gasteiger partial charge in [0.25, 0.3) is 0 Å². The zero-order valence-corrected chi connectivity index (χ0v) is 12.3. The van der Waals surface area contributed by atoms with Crippen molar-refractivity contribution in [1.29, 1.82) is 0 Å². The van der Waals surface area contributed by atoms with Crippen molar-refractivity contribution in [2.75, 3.05) is 27.4 Å². The second-order valence-corrected chi connectivity index (χ2v) is 4.13. The summed E-state index contributed by atoms with van der Waals surface area (Å²) in [5, 5.41) is 0. The van der Waals surface area contributed by atoms with Crippen LogP contribution in [0.25, 0.3) is 0 Å². The predicted molar refractivity (Wildman–Crippen MR) is 75.5 cm³/mol. The van der Waals surface area contributed by atoms with Crippen molar-refractivity contribution in [3.05, 3.63) is 18.2 Å². The number of carbonyl (C=O) groups excluding carboxylic acids is 1. The lowest BCUT2D eigenvalue weighted by atomic mass is 10.2. The minimum atomic E-state index is -0.154. The summed E-state index contributed by atoms with van der Waals surface area (Å²) < 4.78 is 20.8. The Morgan fingerprint density at radius 2 is 1.85 bits per heavy atom. The van der Waals surface area contributed by atoms with Crippen LogP contribution in [0.1, 0.15) is 26.2 Å². The van der Waals surface area contributed by atoms with Crippen LogP contribution in [0.2, 0.25) is 0 Å². The van der Waals surface area contributed by atoms with E-state index in [2.05, 4.69) is 0 Å². The van der Waals surface area contributed by atoms with Gasteiger partial charge in [-0.25, -0.2) is 0 Å². The van der Waals surface area contributed by atoms with Crippen molar-refractivity contribution in [3.8, 4) is 17.2 Å². The molecular formula is C15H22O5. The Morgan fingerprint density at radius 1 is 1.10 bits per heavy atom. The first kappa shape index (κ1) is 16.1. The number of carbonyl (C=O) groups is 1. The molecule has 0 bridgehead atoms. The highest BCUT2D eigenvalue weighted by Crippen LogP contribution is 2.30. The fourth-order valence-corrected chi connectivity index (χ4v) is 1.70. The smallest absolute Gasteiger partial charge is 0.305 e. The van der Waals surface area contributed by atoms with Crippen molar-refractivity contribution in [1.82, 2.24) is 0 Å². The lowest BCUT2D eigenvalue weighted by Crippen LogP contribution is -2.05. The van der Waals surface area contributed by atoms with E-state index < -0.39 is 0 Å². The van der Waals surface area contributed by atoms with E-state index in [1.165, 1.54) is 0 Å². The van der Waals surface area contributed by atoms with Gasteiger partial charge in [0.05, 0.1) is 27.4 Å². The summed E-state index contributed by atoms with van der Waals surface area (Å²) in [6.07, 6.45) is 1.99. The Labute approximate surface area is 119 Å². The molecule has 0 aliphatic carbocycles. The quantitative estimate of drug-likeness (QED) is 0.515. The molecule has 0 aromatic heterocycles. The number of hydrogen-bond donors (Lipinski definition) is 0. The maximum Gasteiger partial charge on any atom is 0.305 e. The van der Waals surface area contributed by atoms with Gasteiger partial charge in [0.15, 0.2) is 11.5 Å². The van der Waals surface area contributed by atoms with Crippen LogP contribution in [0.5, 0.6) is 17.2 Å². The van der Waals surface area contributed by atoms with Gasteiger partial charge in [-0.3, -0.25) is 4.79 Å². The van der Waals surface area contributed by atoms with Gasteiger partial charge in [-0.1, -0.05) is 0 Å². The highest BCUT2D eigenvalue weighted by Gasteiger charge is 2.05. The van der Waals surface area contributed by atoms with Crippen LogP contribution >= 0.6 is 0 Å². The third-order valence-corrected chi connectivity index (χ3v) is 2.70. The summed E-state index contributed by atoms with van der Waals surface area (Å²) in [6, 6.07) is 5.41. The van der Waals surface area contributed by atoms with Crippen LogP contribution in [0.3, 0.4) is 0 Å². The number of esters is 1. The summed E-state index contributed by atoms with van der Waals surface area (Å²) in [5.74, 6) is 1.87. The van der Waals surface area contributed by atoms with Gasteiger partial charge in [0, 0.05) is 12.5 Å². The van der Waals surface area contributed by atoms with E-state index in [0.717, 1.165) is 18.6 Å². The van der Waals surface area contributed by atoms with Crippen molar-refractivity contribution >= 4 is 5.97 Å². The molecule has 0 saturated heterocycles. The van der Waals surface area contributed by atoms with Crippen LogP contribution in [0, 0.1) is 0 Å². The highest BCUT2D eigenvalue weighted by atomic mass is 16.5. The zero-order valence-electron chi connectivity index (χ0n) is 12.3. The molecule has 0 atom stereocenters. The first-order chi connectivity index (χ1) is 9.71. The molecule has 0 N–H and O–H groups in total. The first-order valence-corrected chi connectivity index (χ1v) is 6.71. The Morgan fingerprint density at radius 3 is 2.50 bits per heavy atom. The van der Waals surface area contributed by atoms with Crippen LogP contribution in [-0.4, -0.2) is 33.4 Å². The number of unbranched alkanes of at least 4 members (excludes halogenated alkanes) is 1. The van der Waals surface area contributed by atoms with E-state index in [4.69, 9.17) is 18.9 Å². The molecule has 0 unspecified atom stereocenters. The number of rotatable bonds is 9. The molecule has 0 heterocycles. The molecule has 0 fully saturated rings. The minimum absolute atomic E-state index is 0.154. The third kappa shape index (κ3) is 5.38. The molecule has 1 aromatic rings. The number of hydrogen-bond acceptors (Lipinski definition) is 5. The second-order valence-electron chi connectivity index (χ2n) is 4.13. The Bertz CT molecular complexity index is 417. The van der Waals surface area contributed by atoms with Crippen LogP contribution in [-0.2, 0) is 9.53 Å². The number of benzene rings is 1. The summed E-state index contributed by atoms with van der Waals surface area (Å²) in [6.45, 7) is 2.79. The van der Waals surface area contributed by atoms with E-state index in [1.54, 1.807) is 33.3 Å². The van der Waals surface area contributed by atoms with Gasteiger partial charge < -0.3 is 18.9 Å². The van der Waals surface area contributed by atoms with Crippen molar-refractivity contribution in [2.45, 2.75) is 26.2 Å². The molecule has 0 aliphatic rings. The van der Waals surface area contributed by atoms with E-state index in [9.17, 15) is 4.79 Å². The van der Waals surface area contributed by atoms with Gasteiger partial charge in [-0.15, -0.1) is 0 Å². The average molecular weight is 282 g/mol.